The lowest BCUT2D eigenvalue weighted by Crippen LogP contribution is -2.42. The molecule has 0 aromatic rings. The van der Waals surface area contributed by atoms with Crippen LogP contribution in [0.25, 0.3) is 0 Å². The molecule has 0 aliphatic carbocycles. The topological polar surface area (TPSA) is 20.3 Å². The molecule has 0 aromatic carbocycles. The Morgan fingerprint density at radius 3 is 2.10 bits per heavy atom. The summed E-state index contributed by atoms with van der Waals surface area (Å²) in [6.45, 7) is 5.15. The molecule has 0 aliphatic heterocycles. The third kappa shape index (κ3) is 1.77. The first-order valence-electron chi connectivity index (χ1n) is 3.14. The zero-order valence-electron chi connectivity index (χ0n) is 6.93. The predicted molar refractivity (Wildman–Crippen MR) is 41.4 cm³/mol. The Morgan fingerprint density at radius 2 is 2.00 bits per heavy atom. The van der Waals surface area contributed by atoms with Gasteiger partial charge in [-0.25, -0.2) is 0 Å². The molecular formula is C8H13NO. The van der Waals surface area contributed by atoms with Gasteiger partial charge in [-0.3, -0.25) is 4.79 Å². The lowest BCUT2D eigenvalue weighted by molar-refractivity contribution is -0.130. The summed E-state index contributed by atoms with van der Waals surface area (Å²) in [4.78, 5) is 12.3. The van der Waals surface area contributed by atoms with E-state index < -0.39 is 5.54 Å². The SMILES string of the molecule is C#CC(C)(C)N(C)C(C)=O. The van der Waals surface area contributed by atoms with Crippen molar-refractivity contribution in [2.24, 2.45) is 0 Å². The van der Waals surface area contributed by atoms with Gasteiger partial charge < -0.3 is 4.90 Å². The van der Waals surface area contributed by atoms with E-state index in [9.17, 15) is 4.79 Å². The van der Waals surface area contributed by atoms with Crippen LogP contribution in [0.4, 0.5) is 0 Å². The molecule has 0 heterocycles. The van der Waals surface area contributed by atoms with Crippen LogP contribution in [0.1, 0.15) is 20.8 Å². The van der Waals surface area contributed by atoms with Crippen LogP contribution in [-0.2, 0) is 4.79 Å². The van der Waals surface area contributed by atoms with Crippen molar-refractivity contribution >= 4 is 5.91 Å². The van der Waals surface area contributed by atoms with Crippen LogP contribution in [0.15, 0.2) is 0 Å². The minimum atomic E-state index is -0.466. The summed E-state index contributed by atoms with van der Waals surface area (Å²) in [7, 11) is 1.70. The normalized spacial score (nSPS) is 10.3. The highest BCUT2D eigenvalue weighted by Gasteiger charge is 2.21. The van der Waals surface area contributed by atoms with Gasteiger partial charge in [-0.15, -0.1) is 6.42 Å². The Kier molecular flexibility index (Phi) is 2.48. The fraction of sp³-hybridized carbons (Fsp3) is 0.625. The molecule has 0 N–H and O–H groups in total. The second-order valence-corrected chi connectivity index (χ2v) is 2.78. The van der Waals surface area contributed by atoms with Gasteiger partial charge in [-0.2, -0.15) is 0 Å². The van der Waals surface area contributed by atoms with Crippen molar-refractivity contribution in [3.05, 3.63) is 0 Å². The molecule has 0 saturated carbocycles. The summed E-state index contributed by atoms with van der Waals surface area (Å²) >= 11 is 0. The standard InChI is InChI=1S/C8H13NO/c1-6-8(3,4)9(5)7(2)10/h1H,2-5H3. The molecule has 0 aliphatic rings. The molecule has 0 unspecified atom stereocenters. The monoisotopic (exact) mass is 139 g/mol. The maximum absolute atomic E-state index is 10.8. The van der Waals surface area contributed by atoms with Crippen LogP contribution < -0.4 is 0 Å². The molecule has 10 heavy (non-hydrogen) atoms. The summed E-state index contributed by atoms with van der Waals surface area (Å²) in [6, 6.07) is 0. The maximum atomic E-state index is 10.8. The molecule has 0 saturated heterocycles. The van der Waals surface area contributed by atoms with Gasteiger partial charge in [-0.1, -0.05) is 5.92 Å². The van der Waals surface area contributed by atoms with Crippen molar-refractivity contribution in [2.45, 2.75) is 26.3 Å². The van der Waals surface area contributed by atoms with Gasteiger partial charge in [0.1, 0.15) is 0 Å². The molecule has 2 nitrogen and oxygen atoms in total. The summed E-state index contributed by atoms with van der Waals surface area (Å²) < 4.78 is 0. The average Bonchev–Trinajstić information content (AvgIpc) is 1.86. The highest BCUT2D eigenvalue weighted by Crippen LogP contribution is 2.09. The third-order valence-corrected chi connectivity index (χ3v) is 1.66. The number of hydrogen-bond acceptors (Lipinski definition) is 1. The van der Waals surface area contributed by atoms with E-state index in [1.54, 1.807) is 7.05 Å². The molecule has 2 heteroatoms. The minimum Gasteiger partial charge on any atom is -0.330 e. The largest absolute Gasteiger partial charge is 0.330 e. The van der Waals surface area contributed by atoms with E-state index in [1.807, 2.05) is 13.8 Å². The summed E-state index contributed by atoms with van der Waals surface area (Å²) in [6.07, 6.45) is 5.20. The Hall–Kier alpha value is -0.970. The fourth-order valence-corrected chi connectivity index (χ4v) is 0.490. The van der Waals surface area contributed by atoms with Crippen LogP contribution >= 0.6 is 0 Å². The molecule has 0 aromatic heterocycles. The van der Waals surface area contributed by atoms with E-state index in [2.05, 4.69) is 5.92 Å². The zero-order valence-corrected chi connectivity index (χ0v) is 6.93. The van der Waals surface area contributed by atoms with E-state index in [-0.39, 0.29) is 5.91 Å². The van der Waals surface area contributed by atoms with E-state index >= 15 is 0 Å². The van der Waals surface area contributed by atoms with Gasteiger partial charge in [0.15, 0.2) is 0 Å². The minimum absolute atomic E-state index is 0.0112. The van der Waals surface area contributed by atoms with Crippen molar-refractivity contribution in [1.82, 2.24) is 4.90 Å². The van der Waals surface area contributed by atoms with Crippen LogP contribution in [0.3, 0.4) is 0 Å². The van der Waals surface area contributed by atoms with Crippen molar-refractivity contribution in [3.63, 3.8) is 0 Å². The van der Waals surface area contributed by atoms with Crippen LogP contribution in [0, 0.1) is 12.3 Å². The summed E-state index contributed by atoms with van der Waals surface area (Å²) in [5.41, 5.74) is -0.466. The Bertz CT molecular complexity index is 176. The molecule has 0 fully saturated rings. The number of carbonyl (C=O) groups excluding carboxylic acids is 1. The predicted octanol–water partition coefficient (Wildman–Crippen LogP) is 0.877. The number of hydrogen-bond donors (Lipinski definition) is 0. The number of terminal acetylenes is 1. The van der Waals surface area contributed by atoms with E-state index in [0.29, 0.717) is 0 Å². The average molecular weight is 139 g/mol. The van der Waals surface area contributed by atoms with E-state index in [4.69, 9.17) is 6.42 Å². The maximum Gasteiger partial charge on any atom is 0.220 e. The first kappa shape index (κ1) is 9.03. The van der Waals surface area contributed by atoms with Gasteiger partial charge >= 0.3 is 0 Å². The Labute approximate surface area is 62.2 Å². The van der Waals surface area contributed by atoms with Gasteiger partial charge in [0.25, 0.3) is 0 Å². The lowest BCUT2D eigenvalue weighted by Gasteiger charge is -2.29. The van der Waals surface area contributed by atoms with Crippen molar-refractivity contribution in [3.8, 4) is 12.3 Å². The lowest BCUT2D eigenvalue weighted by atomic mass is 10.1. The quantitative estimate of drug-likeness (QED) is 0.494. The Morgan fingerprint density at radius 1 is 1.60 bits per heavy atom. The molecule has 0 spiro atoms. The smallest absolute Gasteiger partial charge is 0.220 e. The number of nitrogens with zero attached hydrogens (tertiary/aromatic N) is 1. The molecule has 0 bridgehead atoms. The fourth-order valence-electron chi connectivity index (χ4n) is 0.490. The third-order valence-electron chi connectivity index (χ3n) is 1.66. The van der Waals surface area contributed by atoms with Crippen LogP contribution in [-0.4, -0.2) is 23.4 Å². The highest BCUT2D eigenvalue weighted by atomic mass is 16.2. The van der Waals surface area contributed by atoms with Gasteiger partial charge in [0, 0.05) is 14.0 Å². The Balaban J connectivity index is 4.37. The second kappa shape index (κ2) is 2.74. The van der Waals surface area contributed by atoms with Gasteiger partial charge in [-0.05, 0) is 13.8 Å². The number of amides is 1. The number of carbonyl (C=O) groups is 1. The second-order valence-electron chi connectivity index (χ2n) is 2.78. The summed E-state index contributed by atoms with van der Waals surface area (Å²) in [5, 5.41) is 0. The number of rotatable bonds is 1. The van der Waals surface area contributed by atoms with Crippen LogP contribution in [0.2, 0.25) is 0 Å². The van der Waals surface area contributed by atoms with E-state index in [1.165, 1.54) is 11.8 Å². The molecule has 0 atom stereocenters. The zero-order chi connectivity index (χ0) is 8.36. The first-order valence-corrected chi connectivity index (χ1v) is 3.14. The molecule has 0 radical (unpaired) electrons. The van der Waals surface area contributed by atoms with Crippen molar-refractivity contribution < 1.29 is 4.79 Å². The summed E-state index contributed by atoms with van der Waals surface area (Å²) in [5.74, 6) is 2.52. The first-order chi connectivity index (χ1) is 4.41. The molecule has 1 amide bonds. The molecular weight excluding hydrogens is 126 g/mol. The van der Waals surface area contributed by atoms with Crippen molar-refractivity contribution in [2.75, 3.05) is 7.05 Å². The molecule has 56 valence electrons. The van der Waals surface area contributed by atoms with Crippen LogP contribution in [0.5, 0.6) is 0 Å². The van der Waals surface area contributed by atoms with E-state index in [0.717, 1.165) is 0 Å². The van der Waals surface area contributed by atoms with Gasteiger partial charge in [0.05, 0.1) is 5.54 Å². The van der Waals surface area contributed by atoms with Crippen molar-refractivity contribution in [1.29, 1.82) is 0 Å². The highest BCUT2D eigenvalue weighted by molar-refractivity contribution is 5.74. The van der Waals surface area contributed by atoms with Gasteiger partial charge in [0.2, 0.25) is 5.91 Å². The molecule has 0 rings (SSSR count).